The molecule has 122 valence electrons. The summed E-state index contributed by atoms with van der Waals surface area (Å²) < 4.78 is 32.7. The number of hydrogen-bond acceptors (Lipinski definition) is 2. The molecule has 0 aliphatic carbocycles. The van der Waals surface area contributed by atoms with Crippen LogP contribution in [0.1, 0.15) is 25.0 Å². The Morgan fingerprint density at radius 2 is 1.33 bits per heavy atom. The van der Waals surface area contributed by atoms with Gasteiger partial charge in [0.15, 0.2) is 0 Å². The van der Waals surface area contributed by atoms with Crippen molar-refractivity contribution in [3.8, 4) is 0 Å². The maximum Gasteiger partial charge on any atom is 0.378 e. The summed E-state index contributed by atoms with van der Waals surface area (Å²) in [6, 6.07) is 10.6. The van der Waals surface area contributed by atoms with Gasteiger partial charge in [-0.15, -0.1) is 0 Å². The molecule has 1 aliphatic heterocycles. The largest absolute Gasteiger partial charge is 0.378 e. The summed E-state index contributed by atoms with van der Waals surface area (Å²) in [6.45, 7) is 3.10. The summed E-state index contributed by atoms with van der Waals surface area (Å²) in [5.74, 6) is -1.42. The van der Waals surface area contributed by atoms with Gasteiger partial charge in [0.05, 0.1) is 0 Å². The molecule has 0 unspecified atom stereocenters. The van der Waals surface area contributed by atoms with Crippen molar-refractivity contribution in [2.45, 2.75) is 25.0 Å². The molecule has 0 atom stereocenters. The summed E-state index contributed by atoms with van der Waals surface area (Å²) >= 11 is 0. The Balaban J connectivity index is 2.34. The van der Waals surface area contributed by atoms with E-state index in [1.165, 1.54) is 48.5 Å². The summed E-state index contributed by atoms with van der Waals surface area (Å²) in [5.41, 5.74) is 7.25. The average molecular weight is 328 g/mol. The van der Waals surface area contributed by atoms with Gasteiger partial charge >= 0.3 is 5.71 Å². The quantitative estimate of drug-likeness (QED) is 0.627. The van der Waals surface area contributed by atoms with Crippen LogP contribution >= 0.6 is 0 Å². The molecule has 1 aliphatic rings. The van der Waals surface area contributed by atoms with E-state index in [9.17, 15) is 19.1 Å². The molecule has 0 N–H and O–H groups in total. The highest BCUT2D eigenvalue weighted by atomic mass is 19.1. The summed E-state index contributed by atoms with van der Waals surface area (Å²) in [7, 11) is 0. The molecule has 4 nitrogen and oxygen atoms in total. The number of Topliss-reactive ketones (excluding diaryl/α,β-unsaturated/α-hetero) is 1. The molecular weight excluding hydrogens is 314 g/mol. The van der Waals surface area contributed by atoms with E-state index in [0.717, 1.165) is 0 Å². The lowest BCUT2D eigenvalue weighted by atomic mass is 9.81. The van der Waals surface area contributed by atoms with E-state index in [-0.39, 0.29) is 5.71 Å². The van der Waals surface area contributed by atoms with E-state index in [1.54, 1.807) is 13.8 Å². The number of benzene rings is 2. The zero-order valence-corrected chi connectivity index (χ0v) is 13.1. The Labute approximate surface area is 137 Å². The zero-order chi connectivity index (χ0) is 17.5. The second-order valence-corrected chi connectivity index (χ2v) is 6.09. The van der Waals surface area contributed by atoms with Gasteiger partial charge < -0.3 is 10.3 Å². The van der Waals surface area contributed by atoms with Crippen molar-refractivity contribution in [1.29, 1.82) is 0 Å². The molecule has 2 aromatic carbocycles. The lowest BCUT2D eigenvalue weighted by Gasteiger charge is -2.28. The molecule has 0 bridgehead atoms. The van der Waals surface area contributed by atoms with Gasteiger partial charge in [-0.3, -0.25) is 4.79 Å². The van der Waals surface area contributed by atoms with Crippen LogP contribution in [0.2, 0.25) is 0 Å². The maximum absolute atomic E-state index is 13.3. The number of carbonyl (C=O) groups excluding carboxylic acids is 1. The van der Waals surface area contributed by atoms with E-state index in [2.05, 4.69) is 4.79 Å². The number of rotatable bonds is 2. The Bertz CT molecular complexity index is 806. The summed E-state index contributed by atoms with van der Waals surface area (Å²) in [5, 5.41) is 0. The first-order valence-electron chi connectivity index (χ1n) is 7.31. The van der Waals surface area contributed by atoms with Crippen molar-refractivity contribution in [3.63, 3.8) is 0 Å². The van der Waals surface area contributed by atoms with Gasteiger partial charge in [-0.1, -0.05) is 24.3 Å². The first-order valence-corrected chi connectivity index (χ1v) is 7.31. The molecule has 0 aromatic heterocycles. The van der Waals surface area contributed by atoms with Crippen LogP contribution in [0, 0.1) is 11.6 Å². The number of ether oxygens (including phenoxy) is 1. The van der Waals surface area contributed by atoms with Crippen molar-refractivity contribution in [2.24, 2.45) is 0 Å². The van der Waals surface area contributed by atoms with Crippen molar-refractivity contribution >= 4 is 11.5 Å². The van der Waals surface area contributed by atoms with E-state index in [1.807, 2.05) is 0 Å². The topological polar surface area (TPSA) is 62.7 Å². The van der Waals surface area contributed by atoms with Gasteiger partial charge in [-0.25, -0.2) is 8.78 Å². The Hall–Kier alpha value is -2.69. The summed E-state index contributed by atoms with van der Waals surface area (Å²) in [4.78, 5) is 15.8. The molecule has 1 saturated heterocycles. The molecule has 1 fully saturated rings. The van der Waals surface area contributed by atoms with Crippen LogP contribution in [0.25, 0.3) is 5.53 Å². The monoisotopic (exact) mass is 328 g/mol. The van der Waals surface area contributed by atoms with E-state index in [4.69, 9.17) is 4.74 Å². The van der Waals surface area contributed by atoms with Crippen molar-refractivity contribution in [1.82, 2.24) is 0 Å². The lowest BCUT2D eigenvalue weighted by Crippen LogP contribution is -2.37. The Kier molecular flexibility index (Phi) is 3.67. The van der Waals surface area contributed by atoms with E-state index >= 15 is 0 Å². The molecule has 3 rings (SSSR count). The van der Waals surface area contributed by atoms with Gasteiger partial charge in [0.1, 0.15) is 17.2 Å². The number of nitrogens with zero attached hydrogens (tertiary/aromatic N) is 2. The number of ketones is 1. The van der Waals surface area contributed by atoms with Crippen LogP contribution in [-0.4, -0.2) is 21.9 Å². The van der Waals surface area contributed by atoms with Crippen molar-refractivity contribution < 1.29 is 23.1 Å². The minimum Gasteiger partial charge on any atom is -0.361 e. The first-order chi connectivity index (χ1) is 11.3. The molecule has 0 spiro atoms. The minimum absolute atomic E-state index is 0.231. The third kappa shape index (κ3) is 2.28. The molecule has 2 aromatic rings. The molecule has 6 heteroatoms. The smallest absolute Gasteiger partial charge is 0.361 e. The maximum atomic E-state index is 13.3. The minimum atomic E-state index is -1.54. The number of hydrogen-bond donors (Lipinski definition) is 0. The van der Waals surface area contributed by atoms with Crippen molar-refractivity contribution in [2.75, 3.05) is 0 Å². The third-order valence-electron chi connectivity index (χ3n) is 4.11. The molecule has 0 radical (unpaired) electrons. The van der Waals surface area contributed by atoms with Crippen molar-refractivity contribution in [3.05, 3.63) is 76.8 Å². The number of halogens is 2. The fourth-order valence-electron chi connectivity index (χ4n) is 2.97. The molecule has 24 heavy (non-hydrogen) atoms. The highest BCUT2D eigenvalue weighted by Gasteiger charge is 2.64. The second-order valence-electron chi connectivity index (χ2n) is 6.09. The SMILES string of the molecule is CC1(C)OC(c2ccc(F)cc2)(c2ccc(F)cc2)C(=[N+]=[N-])C1=O. The summed E-state index contributed by atoms with van der Waals surface area (Å²) in [6.07, 6.45) is 0. The highest BCUT2D eigenvalue weighted by molar-refractivity contribution is 6.45. The molecule has 0 saturated carbocycles. The van der Waals surface area contributed by atoms with E-state index < -0.39 is 28.6 Å². The molecule has 0 amide bonds. The van der Waals surface area contributed by atoms with Crippen LogP contribution in [-0.2, 0) is 15.1 Å². The lowest BCUT2D eigenvalue weighted by molar-refractivity contribution is -0.132. The van der Waals surface area contributed by atoms with Crippen LogP contribution in [0.5, 0.6) is 0 Å². The second kappa shape index (κ2) is 5.44. The van der Waals surface area contributed by atoms with Crippen LogP contribution < -0.4 is 0 Å². The van der Waals surface area contributed by atoms with Crippen LogP contribution in [0.3, 0.4) is 0 Å². The highest BCUT2D eigenvalue weighted by Crippen LogP contribution is 2.44. The van der Waals surface area contributed by atoms with Gasteiger partial charge in [0, 0.05) is 11.1 Å². The predicted molar refractivity (Wildman–Crippen MR) is 82.4 cm³/mol. The number of carbonyl (C=O) groups is 1. The van der Waals surface area contributed by atoms with Gasteiger partial charge in [0.25, 0.3) is 5.78 Å². The third-order valence-corrected chi connectivity index (χ3v) is 4.11. The van der Waals surface area contributed by atoms with Gasteiger partial charge in [-0.05, 0) is 38.1 Å². The Morgan fingerprint density at radius 1 is 0.917 bits per heavy atom. The fourth-order valence-corrected chi connectivity index (χ4v) is 2.97. The van der Waals surface area contributed by atoms with E-state index in [0.29, 0.717) is 11.1 Å². The average Bonchev–Trinajstić information content (AvgIpc) is 2.76. The standard InChI is InChI=1S/C18H14F2N2O2/c1-17(2)16(23)15(22-21)18(24-17,11-3-7-13(19)8-4-11)12-5-9-14(20)10-6-12/h3-10H,1-2H3. The zero-order valence-electron chi connectivity index (χ0n) is 13.1. The fraction of sp³-hybridized carbons (Fsp3) is 0.222. The van der Waals surface area contributed by atoms with Crippen LogP contribution in [0.4, 0.5) is 8.78 Å². The normalized spacial score (nSPS) is 18.5. The van der Waals surface area contributed by atoms with Gasteiger partial charge in [0.2, 0.25) is 5.60 Å². The molecular formula is C18H14F2N2O2. The van der Waals surface area contributed by atoms with Crippen LogP contribution in [0.15, 0.2) is 48.5 Å². The predicted octanol–water partition coefficient (Wildman–Crippen LogP) is 3.26. The first kappa shape index (κ1) is 16.2. The van der Waals surface area contributed by atoms with Gasteiger partial charge in [-0.2, -0.15) is 4.79 Å². The Morgan fingerprint density at radius 3 is 1.71 bits per heavy atom. The molecule has 1 heterocycles.